The Morgan fingerprint density at radius 2 is 1.87 bits per heavy atom. The molecule has 0 atom stereocenters. The van der Waals surface area contributed by atoms with Crippen LogP contribution in [0.25, 0.3) is 0 Å². The second-order valence-corrected chi connectivity index (χ2v) is 5.19. The molecule has 23 heavy (non-hydrogen) atoms. The molecule has 0 spiro atoms. The minimum absolute atomic E-state index is 0.0362. The Bertz CT molecular complexity index is 727. The Labute approximate surface area is 137 Å². The summed E-state index contributed by atoms with van der Waals surface area (Å²) in [6.07, 6.45) is -3.34. The summed E-state index contributed by atoms with van der Waals surface area (Å²) < 4.78 is 38.5. The van der Waals surface area contributed by atoms with E-state index in [-0.39, 0.29) is 10.7 Å². The van der Waals surface area contributed by atoms with Crippen LogP contribution in [0.5, 0.6) is 0 Å². The number of hydrogen-bond acceptors (Lipinski definition) is 2. The molecule has 0 radical (unpaired) electrons. The first-order valence-corrected chi connectivity index (χ1v) is 7.10. The zero-order chi connectivity index (χ0) is 16.9. The van der Waals surface area contributed by atoms with E-state index in [1.165, 1.54) is 18.2 Å². The zero-order valence-corrected chi connectivity index (χ0v) is 13.0. The van der Waals surface area contributed by atoms with Crippen LogP contribution in [0, 0.1) is 6.92 Å². The van der Waals surface area contributed by atoms with Gasteiger partial charge in [-0.3, -0.25) is 5.43 Å². The molecular formula is C16H14F3N3S. The second kappa shape index (κ2) is 7.23. The lowest BCUT2D eigenvalue weighted by molar-refractivity contribution is -0.137. The Morgan fingerprint density at radius 1 is 1.13 bits per heavy atom. The highest BCUT2D eigenvalue weighted by Gasteiger charge is 2.32. The average Bonchev–Trinajstić information content (AvgIpc) is 2.46. The topological polar surface area (TPSA) is 36.4 Å². The maximum atomic E-state index is 12.8. The van der Waals surface area contributed by atoms with Crippen molar-refractivity contribution in [1.29, 1.82) is 0 Å². The van der Waals surface area contributed by atoms with Crippen LogP contribution in [0.1, 0.15) is 16.7 Å². The molecule has 0 fully saturated rings. The number of anilines is 1. The van der Waals surface area contributed by atoms with Crippen LogP contribution >= 0.6 is 12.2 Å². The number of halogens is 3. The lowest BCUT2D eigenvalue weighted by atomic mass is 10.1. The van der Waals surface area contributed by atoms with E-state index < -0.39 is 11.7 Å². The maximum Gasteiger partial charge on any atom is 0.417 e. The van der Waals surface area contributed by atoms with E-state index in [1.807, 2.05) is 31.2 Å². The van der Waals surface area contributed by atoms with Crippen molar-refractivity contribution >= 4 is 29.2 Å². The highest BCUT2D eigenvalue weighted by molar-refractivity contribution is 7.80. The summed E-state index contributed by atoms with van der Waals surface area (Å²) in [7, 11) is 0. The van der Waals surface area contributed by atoms with E-state index in [2.05, 4.69) is 15.8 Å². The van der Waals surface area contributed by atoms with Crippen molar-refractivity contribution in [2.24, 2.45) is 5.10 Å². The van der Waals surface area contributed by atoms with Crippen LogP contribution in [0.3, 0.4) is 0 Å². The maximum absolute atomic E-state index is 12.8. The summed E-state index contributed by atoms with van der Waals surface area (Å²) in [4.78, 5) is 0. The quantitative estimate of drug-likeness (QED) is 0.497. The molecule has 0 aliphatic heterocycles. The van der Waals surface area contributed by atoms with Crippen LogP contribution in [0.2, 0.25) is 0 Å². The predicted molar refractivity (Wildman–Crippen MR) is 89.6 cm³/mol. The number of nitrogens with one attached hydrogen (secondary N) is 2. The van der Waals surface area contributed by atoms with Crippen molar-refractivity contribution < 1.29 is 13.2 Å². The molecule has 2 rings (SSSR count). The fourth-order valence-corrected chi connectivity index (χ4v) is 2.08. The van der Waals surface area contributed by atoms with Crippen molar-refractivity contribution in [2.45, 2.75) is 13.1 Å². The number of hydrazone groups is 1. The summed E-state index contributed by atoms with van der Waals surface area (Å²) in [6, 6.07) is 12.7. The van der Waals surface area contributed by atoms with Gasteiger partial charge in [-0.2, -0.15) is 18.3 Å². The number of alkyl halides is 3. The van der Waals surface area contributed by atoms with Gasteiger partial charge in [0, 0.05) is 11.3 Å². The Morgan fingerprint density at radius 3 is 2.57 bits per heavy atom. The molecule has 120 valence electrons. The SMILES string of the molecule is Cc1cccc(NC(=S)N/N=C\c2ccccc2C(F)(F)F)c1. The Hall–Kier alpha value is -2.41. The van der Waals surface area contributed by atoms with Gasteiger partial charge >= 0.3 is 6.18 Å². The third kappa shape index (κ3) is 5.07. The van der Waals surface area contributed by atoms with Gasteiger partial charge in [-0.05, 0) is 42.9 Å². The first-order chi connectivity index (χ1) is 10.9. The first kappa shape index (κ1) is 17.0. The standard InChI is InChI=1S/C16H14F3N3S/c1-11-5-4-7-13(9-11)21-15(23)22-20-10-12-6-2-3-8-14(12)16(17,18)19/h2-10H,1H3,(H2,21,22,23)/b20-10-. The number of aryl methyl sites for hydroxylation is 1. The van der Waals surface area contributed by atoms with Crippen molar-refractivity contribution in [1.82, 2.24) is 5.43 Å². The van der Waals surface area contributed by atoms with Crippen molar-refractivity contribution in [3.8, 4) is 0 Å². The average molecular weight is 337 g/mol. The smallest absolute Gasteiger partial charge is 0.331 e. The van der Waals surface area contributed by atoms with Crippen LogP contribution < -0.4 is 10.7 Å². The largest absolute Gasteiger partial charge is 0.417 e. The molecule has 0 saturated carbocycles. The minimum atomic E-state index is -4.43. The summed E-state index contributed by atoms with van der Waals surface area (Å²) in [5.41, 5.74) is 3.54. The van der Waals surface area contributed by atoms with Gasteiger partial charge in [0.15, 0.2) is 5.11 Å². The number of benzene rings is 2. The second-order valence-electron chi connectivity index (χ2n) is 4.78. The summed E-state index contributed by atoms with van der Waals surface area (Å²) in [5, 5.41) is 6.84. The lowest BCUT2D eigenvalue weighted by Gasteiger charge is -2.10. The molecule has 0 aliphatic carbocycles. The van der Waals surface area contributed by atoms with Crippen LogP contribution in [-0.4, -0.2) is 11.3 Å². The van der Waals surface area contributed by atoms with E-state index in [4.69, 9.17) is 12.2 Å². The predicted octanol–water partition coefficient (Wildman–Crippen LogP) is 4.33. The molecule has 0 aliphatic rings. The molecule has 2 N–H and O–H groups in total. The number of thiocarbonyl (C=S) groups is 1. The summed E-state index contributed by atoms with van der Waals surface area (Å²) >= 11 is 5.04. The molecular weight excluding hydrogens is 323 g/mol. The van der Waals surface area contributed by atoms with Gasteiger partial charge in [-0.1, -0.05) is 30.3 Å². The highest BCUT2D eigenvalue weighted by Crippen LogP contribution is 2.30. The van der Waals surface area contributed by atoms with Gasteiger partial charge in [0.1, 0.15) is 0 Å². The lowest BCUT2D eigenvalue weighted by Crippen LogP contribution is -2.24. The number of nitrogens with zero attached hydrogens (tertiary/aromatic N) is 1. The zero-order valence-electron chi connectivity index (χ0n) is 12.2. The third-order valence-electron chi connectivity index (χ3n) is 2.91. The molecule has 0 bridgehead atoms. The molecule has 0 unspecified atom stereocenters. The normalized spacial score (nSPS) is 11.5. The Balaban J connectivity index is 2.01. The van der Waals surface area contributed by atoms with E-state index in [1.54, 1.807) is 0 Å². The van der Waals surface area contributed by atoms with Gasteiger partial charge in [0.2, 0.25) is 0 Å². The monoisotopic (exact) mass is 337 g/mol. The van der Waals surface area contributed by atoms with Crippen molar-refractivity contribution in [3.05, 3.63) is 65.2 Å². The van der Waals surface area contributed by atoms with Gasteiger partial charge in [0.25, 0.3) is 0 Å². The van der Waals surface area contributed by atoms with Crippen LogP contribution in [-0.2, 0) is 6.18 Å². The summed E-state index contributed by atoms with van der Waals surface area (Å²) in [6.45, 7) is 1.94. The third-order valence-corrected chi connectivity index (χ3v) is 3.11. The van der Waals surface area contributed by atoms with Crippen LogP contribution in [0.15, 0.2) is 53.6 Å². The molecule has 0 heterocycles. The van der Waals surface area contributed by atoms with Gasteiger partial charge in [0.05, 0.1) is 11.8 Å². The van der Waals surface area contributed by atoms with E-state index in [0.29, 0.717) is 0 Å². The molecule has 2 aromatic rings. The molecule has 2 aromatic carbocycles. The molecule has 7 heteroatoms. The van der Waals surface area contributed by atoms with Gasteiger partial charge < -0.3 is 5.32 Å². The molecule has 3 nitrogen and oxygen atoms in total. The van der Waals surface area contributed by atoms with Crippen molar-refractivity contribution in [3.63, 3.8) is 0 Å². The molecule has 0 aromatic heterocycles. The fraction of sp³-hybridized carbons (Fsp3) is 0.125. The number of hydrogen-bond donors (Lipinski definition) is 2. The van der Waals surface area contributed by atoms with Gasteiger partial charge in [-0.15, -0.1) is 0 Å². The first-order valence-electron chi connectivity index (χ1n) is 6.69. The molecule has 0 amide bonds. The highest BCUT2D eigenvalue weighted by atomic mass is 32.1. The fourth-order valence-electron chi connectivity index (χ4n) is 1.91. The van der Waals surface area contributed by atoms with E-state index in [0.717, 1.165) is 23.5 Å². The number of rotatable bonds is 3. The van der Waals surface area contributed by atoms with E-state index in [9.17, 15) is 13.2 Å². The van der Waals surface area contributed by atoms with Crippen molar-refractivity contribution in [2.75, 3.05) is 5.32 Å². The minimum Gasteiger partial charge on any atom is -0.331 e. The Kier molecular flexibility index (Phi) is 5.33. The molecule has 0 saturated heterocycles. The van der Waals surface area contributed by atoms with Crippen LogP contribution in [0.4, 0.5) is 18.9 Å². The van der Waals surface area contributed by atoms with E-state index >= 15 is 0 Å². The summed E-state index contributed by atoms with van der Waals surface area (Å²) in [5.74, 6) is 0. The van der Waals surface area contributed by atoms with Gasteiger partial charge in [-0.25, -0.2) is 0 Å².